The van der Waals surface area contributed by atoms with E-state index in [0.29, 0.717) is 0 Å². The fraction of sp³-hybridized carbons (Fsp3) is 0.240. The molecule has 0 spiro atoms. The van der Waals surface area contributed by atoms with Crippen LogP contribution in [0, 0.1) is 0 Å². The molecule has 0 fully saturated rings. The number of carboxylic acids is 1. The van der Waals surface area contributed by atoms with Crippen LogP contribution < -0.4 is 16.4 Å². The Morgan fingerprint density at radius 3 is 2.06 bits per heavy atom. The van der Waals surface area contributed by atoms with Crippen LogP contribution in [0.25, 0.3) is 10.8 Å². The summed E-state index contributed by atoms with van der Waals surface area (Å²) in [6, 6.07) is 19.2. The van der Waals surface area contributed by atoms with Crippen molar-refractivity contribution < 1.29 is 24.6 Å². The van der Waals surface area contributed by atoms with Crippen molar-refractivity contribution in [2.24, 2.45) is 5.73 Å². The summed E-state index contributed by atoms with van der Waals surface area (Å²) in [4.78, 5) is 36.9. The van der Waals surface area contributed by atoms with Gasteiger partial charge in [0.1, 0.15) is 12.1 Å². The summed E-state index contributed by atoms with van der Waals surface area (Å²) >= 11 is 0. The highest BCUT2D eigenvalue weighted by atomic mass is 16.4. The van der Waals surface area contributed by atoms with E-state index in [1.807, 2.05) is 72.8 Å². The number of benzene rings is 3. The van der Waals surface area contributed by atoms with E-state index >= 15 is 0 Å². The highest BCUT2D eigenvalue weighted by Crippen LogP contribution is 2.17. The van der Waals surface area contributed by atoms with Crippen molar-refractivity contribution in [3.63, 3.8) is 0 Å². The topological polar surface area (TPSA) is 142 Å². The van der Waals surface area contributed by atoms with Crippen LogP contribution in [0.15, 0.2) is 72.8 Å². The molecule has 0 heterocycles. The van der Waals surface area contributed by atoms with Gasteiger partial charge in [0.05, 0.1) is 12.6 Å². The summed E-state index contributed by atoms with van der Waals surface area (Å²) in [7, 11) is 0. The molecular formula is C25H27N3O5. The number of carbonyl (C=O) groups excluding carboxylic acids is 2. The summed E-state index contributed by atoms with van der Waals surface area (Å²) in [6.07, 6.45) is 0.406. The first-order valence-corrected chi connectivity index (χ1v) is 10.6. The van der Waals surface area contributed by atoms with Crippen LogP contribution in [0.3, 0.4) is 0 Å². The van der Waals surface area contributed by atoms with E-state index < -0.39 is 42.5 Å². The van der Waals surface area contributed by atoms with Gasteiger partial charge in [-0.05, 0) is 28.3 Å². The molecule has 0 aliphatic heterocycles. The molecule has 0 aliphatic rings. The second-order valence-corrected chi connectivity index (χ2v) is 7.83. The summed E-state index contributed by atoms with van der Waals surface area (Å²) in [5.41, 5.74) is 7.72. The number of nitrogens with one attached hydrogen (secondary N) is 2. The number of aliphatic hydroxyl groups excluding tert-OH is 1. The number of amides is 2. The minimum Gasteiger partial charge on any atom is -0.480 e. The molecule has 172 valence electrons. The smallest absolute Gasteiger partial charge is 0.328 e. The number of hydrogen-bond acceptors (Lipinski definition) is 5. The molecule has 0 saturated heterocycles. The zero-order chi connectivity index (χ0) is 23.8. The van der Waals surface area contributed by atoms with Gasteiger partial charge in [0.15, 0.2) is 0 Å². The Hall–Kier alpha value is -3.75. The van der Waals surface area contributed by atoms with Gasteiger partial charge in [-0.2, -0.15) is 0 Å². The van der Waals surface area contributed by atoms with E-state index in [-0.39, 0.29) is 12.8 Å². The fourth-order valence-corrected chi connectivity index (χ4v) is 3.51. The number of nitrogens with two attached hydrogens (primary N) is 1. The SMILES string of the molecule is N[C@H](Cc1ccccc1)C(=O)N[C@H](Cc1ccc2ccccc2c1)C(=O)N[C@H](CO)C(=O)O. The van der Waals surface area contributed by atoms with Gasteiger partial charge in [0, 0.05) is 6.42 Å². The fourth-order valence-electron chi connectivity index (χ4n) is 3.51. The maximum Gasteiger partial charge on any atom is 0.328 e. The number of carbonyl (C=O) groups is 3. The van der Waals surface area contributed by atoms with Gasteiger partial charge >= 0.3 is 5.97 Å². The van der Waals surface area contributed by atoms with E-state index in [9.17, 15) is 19.5 Å². The molecule has 8 heteroatoms. The monoisotopic (exact) mass is 449 g/mol. The molecule has 0 radical (unpaired) electrons. The molecule has 2 amide bonds. The van der Waals surface area contributed by atoms with Crippen molar-refractivity contribution in [1.82, 2.24) is 10.6 Å². The predicted molar refractivity (Wildman–Crippen MR) is 124 cm³/mol. The van der Waals surface area contributed by atoms with Crippen LogP contribution in [0.2, 0.25) is 0 Å². The Morgan fingerprint density at radius 1 is 0.758 bits per heavy atom. The summed E-state index contributed by atoms with van der Waals surface area (Å²) in [6.45, 7) is -0.773. The van der Waals surface area contributed by atoms with Crippen molar-refractivity contribution in [1.29, 1.82) is 0 Å². The van der Waals surface area contributed by atoms with Gasteiger partial charge in [-0.15, -0.1) is 0 Å². The summed E-state index contributed by atoms with van der Waals surface area (Å²) < 4.78 is 0. The van der Waals surface area contributed by atoms with Crippen LogP contribution >= 0.6 is 0 Å². The maximum absolute atomic E-state index is 12.9. The van der Waals surface area contributed by atoms with Crippen LogP contribution in [0.5, 0.6) is 0 Å². The standard InChI is InChI=1S/C25H27N3O5/c26-20(13-16-6-2-1-3-7-16)23(30)27-21(24(31)28-22(15-29)25(32)33)14-17-10-11-18-8-4-5-9-19(18)12-17/h1-12,20-22,29H,13-15,26H2,(H,27,30)(H,28,31)(H,32,33)/t20-,21-,22-/m1/s1. The molecule has 3 rings (SSSR count). The Morgan fingerprint density at radius 2 is 1.39 bits per heavy atom. The molecule has 8 nitrogen and oxygen atoms in total. The molecule has 3 atom stereocenters. The molecule has 0 unspecified atom stereocenters. The quantitative estimate of drug-likeness (QED) is 0.313. The molecule has 3 aromatic rings. The van der Waals surface area contributed by atoms with Crippen LogP contribution in [0.4, 0.5) is 0 Å². The lowest BCUT2D eigenvalue weighted by atomic mass is 10.00. The highest BCUT2D eigenvalue weighted by Gasteiger charge is 2.28. The number of aliphatic hydroxyl groups is 1. The summed E-state index contributed by atoms with van der Waals surface area (Å²) in [5.74, 6) is -2.62. The average Bonchev–Trinajstić information content (AvgIpc) is 2.82. The molecule has 0 aromatic heterocycles. The maximum atomic E-state index is 12.9. The lowest BCUT2D eigenvalue weighted by Crippen LogP contribution is -2.56. The van der Waals surface area contributed by atoms with Crippen LogP contribution in [-0.2, 0) is 27.2 Å². The first-order valence-electron chi connectivity index (χ1n) is 10.6. The highest BCUT2D eigenvalue weighted by molar-refractivity contribution is 5.92. The van der Waals surface area contributed by atoms with Gasteiger partial charge in [-0.3, -0.25) is 9.59 Å². The van der Waals surface area contributed by atoms with E-state index in [1.165, 1.54) is 0 Å². The summed E-state index contributed by atoms with van der Waals surface area (Å²) in [5, 5.41) is 25.4. The zero-order valence-electron chi connectivity index (χ0n) is 18.0. The minimum absolute atomic E-state index is 0.123. The van der Waals surface area contributed by atoms with Crippen LogP contribution in [-0.4, -0.2) is 52.7 Å². The van der Waals surface area contributed by atoms with Crippen molar-refractivity contribution in [3.8, 4) is 0 Å². The third kappa shape index (κ3) is 6.61. The van der Waals surface area contributed by atoms with Crippen LogP contribution in [0.1, 0.15) is 11.1 Å². The van der Waals surface area contributed by atoms with E-state index in [2.05, 4.69) is 10.6 Å². The number of fused-ring (bicyclic) bond motifs is 1. The normalized spacial score (nSPS) is 13.6. The molecule has 33 heavy (non-hydrogen) atoms. The number of aliphatic carboxylic acids is 1. The zero-order valence-corrected chi connectivity index (χ0v) is 18.0. The van der Waals surface area contributed by atoms with Gasteiger partial charge < -0.3 is 26.6 Å². The largest absolute Gasteiger partial charge is 0.480 e. The van der Waals surface area contributed by atoms with Crippen molar-refractivity contribution >= 4 is 28.6 Å². The third-order valence-electron chi connectivity index (χ3n) is 5.32. The van der Waals surface area contributed by atoms with Gasteiger partial charge in [0.25, 0.3) is 0 Å². The first-order chi connectivity index (χ1) is 15.9. The van der Waals surface area contributed by atoms with E-state index in [4.69, 9.17) is 10.8 Å². The Bertz CT molecular complexity index is 1120. The van der Waals surface area contributed by atoms with E-state index in [1.54, 1.807) is 0 Å². The van der Waals surface area contributed by atoms with Gasteiger partial charge in [-0.1, -0.05) is 72.8 Å². The lowest BCUT2D eigenvalue weighted by molar-refractivity contribution is -0.143. The van der Waals surface area contributed by atoms with Crippen molar-refractivity contribution in [2.45, 2.75) is 31.0 Å². The number of hydrogen-bond donors (Lipinski definition) is 5. The number of rotatable bonds is 10. The molecular weight excluding hydrogens is 422 g/mol. The minimum atomic E-state index is -1.48. The van der Waals surface area contributed by atoms with E-state index in [0.717, 1.165) is 21.9 Å². The Labute approximate surface area is 191 Å². The number of carboxylic acid groups (broad SMARTS) is 1. The van der Waals surface area contributed by atoms with Crippen molar-refractivity contribution in [3.05, 3.63) is 83.9 Å². The third-order valence-corrected chi connectivity index (χ3v) is 5.32. The molecule has 6 N–H and O–H groups in total. The molecule has 0 saturated carbocycles. The second-order valence-electron chi connectivity index (χ2n) is 7.83. The lowest BCUT2D eigenvalue weighted by Gasteiger charge is -2.22. The Balaban J connectivity index is 1.78. The van der Waals surface area contributed by atoms with Gasteiger partial charge in [-0.25, -0.2) is 4.79 Å². The Kier molecular flexibility index (Phi) is 8.12. The second kappa shape index (κ2) is 11.2. The molecule has 0 bridgehead atoms. The molecule has 3 aromatic carbocycles. The van der Waals surface area contributed by atoms with Crippen molar-refractivity contribution in [2.75, 3.05) is 6.61 Å². The molecule has 0 aliphatic carbocycles. The van der Waals surface area contributed by atoms with Gasteiger partial charge in [0.2, 0.25) is 11.8 Å². The first kappa shape index (κ1) is 23.9. The predicted octanol–water partition coefficient (Wildman–Crippen LogP) is 0.999. The average molecular weight is 450 g/mol.